The van der Waals surface area contributed by atoms with Crippen LogP contribution in [0.3, 0.4) is 0 Å². The predicted molar refractivity (Wildman–Crippen MR) is 110 cm³/mol. The Balaban J connectivity index is 1.81. The van der Waals surface area contributed by atoms with E-state index in [1.54, 1.807) is 0 Å². The van der Waals surface area contributed by atoms with Crippen LogP contribution >= 0.6 is 23.1 Å². The van der Waals surface area contributed by atoms with Crippen LogP contribution in [0.15, 0.2) is 33.3 Å². The molecule has 3 heterocycles. The molecule has 1 saturated heterocycles. The minimum atomic E-state index is -1.30. The van der Waals surface area contributed by atoms with Crippen LogP contribution in [0, 0.1) is 0 Å². The van der Waals surface area contributed by atoms with Gasteiger partial charge in [-0.3, -0.25) is 19.3 Å². The van der Waals surface area contributed by atoms with E-state index in [0.29, 0.717) is 10.7 Å². The van der Waals surface area contributed by atoms with Crippen molar-refractivity contribution in [1.29, 1.82) is 0 Å². The summed E-state index contributed by atoms with van der Waals surface area (Å²) in [6.45, 7) is 1.34. The first-order valence-corrected chi connectivity index (χ1v) is 10.4. The SMILES string of the molecule is CON=C(C(=O)NC1C(=O)N2C(C(=O)O)=C(C=CC(C)=O)SCC12)c1csc(N)n1. The molecule has 2 aliphatic rings. The number of nitrogens with two attached hydrogens (primary N) is 1. The number of nitrogens with one attached hydrogen (secondary N) is 1. The summed E-state index contributed by atoms with van der Waals surface area (Å²) in [5.41, 5.74) is 5.41. The molecule has 0 aliphatic carbocycles. The summed E-state index contributed by atoms with van der Waals surface area (Å²) in [6, 6.07) is -1.49. The summed E-state index contributed by atoms with van der Waals surface area (Å²) in [6.07, 6.45) is 2.62. The number of hydrogen-bond donors (Lipinski definition) is 3. The first-order chi connectivity index (χ1) is 14.2. The van der Waals surface area contributed by atoms with Gasteiger partial charge in [0.25, 0.3) is 11.8 Å². The Morgan fingerprint density at radius 1 is 1.47 bits per heavy atom. The Morgan fingerprint density at radius 3 is 2.77 bits per heavy atom. The molecule has 0 saturated carbocycles. The number of allylic oxidation sites excluding steroid dienone is 2. The average Bonchev–Trinajstić information content (AvgIpc) is 3.13. The molecule has 4 N–H and O–H groups in total. The molecule has 1 aromatic rings. The fraction of sp³-hybridized carbons (Fsp3) is 0.294. The van der Waals surface area contributed by atoms with Crippen molar-refractivity contribution in [3.63, 3.8) is 0 Å². The van der Waals surface area contributed by atoms with Crippen LogP contribution in [-0.4, -0.2) is 69.2 Å². The zero-order chi connectivity index (χ0) is 22.0. The van der Waals surface area contributed by atoms with Crippen molar-refractivity contribution in [3.05, 3.63) is 33.8 Å². The van der Waals surface area contributed by atoms with Crippen LogP contribution < -0.4 is 11.1 Å². The maximum absolute atomic E-state index is 12.7. The van der Waals surface area contributed by atoms with Crippen molar-refractivity contribution in [1.82, 2.24) is 15.2 Å². The van der Waals surface area contributed by atoms with Gasteiger partial charge in [-0.05, 0) is 19.1 Å². The van der Waals surface area contributed by atoms with E-state index in [2.05, 4.69) is 15.5 Å². The van der Waals surface area contributed by atoms with Crippen molar-refractivity contribution in [2.45, 2.75) is 19.0 Å². The molecule has 3 rings (SSSR count). The van der Waals surface area contributed by atoms with E-state index in [-0.39, 0.29) is 28.0 Å². The van der Waals surface area contributed by atoms with Crippen LogP contribution in [0.4, 0.5) is 5.13 Å². The number of fused-ring (bicyclic) bond motifs is 1. The highest BCUT2D eigenvalue weighted by Crippen LogP contribution is 2.39. The third-order valence-electron chi connectivity index (χ3n) is 4.22. The van der Waals surface area contributed by atoms with E-state index in [9.17, 15) is 24.3 Å². The molecule has 0 spiro atoms. The summed E-state index contributed by atoms with van der Waals surface area (Å²) in [5.74, 6) is -2.48. The number of nitrogen functional groups attached to an aromatic ring is 1. The maximum Gasteiger partial charge on any atom is 0.353 e. The lowest BCUT2D eigenvalue weighted by molar-refractivity contribution is -0.153. The smallest absolute Gasteiger partial charge is 0.353 e. The van der Waals surface area contributed by atoms with Gasteiger partial charge in [-0.15, -0.1) is 23.1 Å². The van der Waals surface area contributed by atoms with Gasteiger partial charge in [-0.25, -0.2) is 9.78 Å². The second-order valence-corrected chi connectivity index (χ2v) is 8.14. The summed E-state index contributed by atoms with van der Waals surface area (Å²) in [7, 11) is 1.26. The normalized spacial score (nSPS) is 21.3. The van der Waals surface area contributed by atoms with Crippen molar-refractivity contribution >= 4 is 57.5 Å². The fourth-order valence-corrected chi connectivity index (χ4v) is 4.67. The molecule has 2 aliphatic heterocycles. The van der Waals surface area contributed by atoms with Gasteiger partial charge < -0.3 is 21.0 Å². The van der Waals surface area contributed by atoms with Crippen molar-refractivity contribution in [2.75, 3.05) is 18.6 Å². The standard InChI is InChI=1S/C17H17N5O6S2/c1-7(23)3-4-10-13(16(26)27)22-9(6-29-10)12(15(22)25)20-14(24)11(21-28-2)8-5-30-17(18)19-8/h3-5,9,12H,6H2,1-2H3,(H2,18,19)(H,20,24)(H,26,27). The Morgan fingerprint density at radius 2 is 2.20 bits per heavy atom. The zero-order valence-corrected chi connectivity index (χ0v) is 17.5. The maximum atomic E-state index is 12.7. The quantitative estimate of drug-likeness (QED) is 0.223. The molecule has 11 nitrogen and oxygen atoms in total. The monoisotopic (exact) mass is 451 g/mol. The summed E-state index contributed by atoms with van der Waals surface area (Å²) in [5, 5.41) is 17.6. The number of carboxylic acids is 1. The first kappa shape index (κ1) is 21.5. The van der Waals surface area contributed by atoms with E-state index in [1.807, 2.05) is 0 Å². The van der Waals surface area contributed by atoms with Crippen LogP contribution in [0.2, 0.25) is 0 Å². The molecule has 13 heteroatoms. The molecule has 2 amide bonds. The lowest BCUT2D eigenvalue weighted by atomic mass is 9.94. The van der Waals surface area contributed by atoms with Crippen molar-refractivity contribution in [2.24, 2.45) is 5.16 Å². The second-order valence-electron chi connectivity index (χ2n) is 6.19. The van der Waals surface area contributed by atoms with E-state index in [4.69, 9.17) is 10.6 Å². The van der Waals surface area contributed by atoms with E-state index in [0.717, 1.165) is 16.2 Å². The number of aliphatic carboxylic acids is 1. The molecule has 2 unspecified atom stereocenters. The third-order valence-corrected chi connectivity index (χ3v) is 6.05. The van der Waals surface area contributed by atoms with E-state index >= 15 is 0 Å². The third kappa shape index (κ3) is 4.07. The fourth-order valence-electron chi connectivity index (χ4n) is 2.94. The first-order valence-electron chi connectivity index (χ1n) is 8.50. The van der Waals surface area contributed by atoms with Gasteiger partial charge in [0, 0.05) is 16.0 Å². The number of amides is 2. The molecule has 1 aromatic heterocycles. The number of anilines is 1. The van der Waals surface area contributed by atoms with Crippen molar-refractivity contribution < 1.29 is 29.1 Å². The van der Waals surface area contributed by atoms with Crippen LogP contribution in [0.1, 0.15) is 12.6 Å². The molecule has 158 valence electrons. The number of aromatic nitrogens is 1. The topological polar surface area (TPSA) is 164 Å². The molecular weight excluding hydrogens is 434 g/mol. The lowest BCUT2D eigenvalue weighted by Gasteiger charge is -2.49. The number of carboxylic acid groups (broad SMARTS) is 1. The molecule has 2 atom stereocenters. The number of rotatable bonds is 7. The molecule has 0 radical (unpaired) electrons. The highest BCUT2D eigenvalue weighted by atomic mass is 32.2. The zero-order valence-electron chi connectivity index (χ0n) is 15.8. The minimum absolute atomic E-state index is 0.153. The van der Waals surface area contributed by atoms with Crippen LogP contribution in [0.5, 0.6) is 0 Å². The molecule has 30 heavy (non-hydrogen) atoms. The van der Waals surface area contributed by atoms with Gasteiger partial charge in [0.15, 0.2) is 16.6 Å². The Hall–Kier alpha value is -3.19. The summed E-state index contributed by atoms with van der Waals surface area (Å²) >= 11 is 2.30. The number of oxime groups is 1. The molecule has 0 aromatic carbocycles. The van der Waals surface area contributed by atoms with Gasteiger partial charge in [0.1, 0.15) is 24.5 Å². The van der Waals surface area contributed by atoms with E-state index in [1.165, 1.54) is 43.3 Å². The average molecular weight is 451 g/mol. The number of ketones is 1. The number of carbonyl (C=O) groups is 4. The number of hydrogen-bond acceptors (Lipinski definition) is 10. The Labute approximate surface area is 178 Å². The Kier molecular flexibility index (Phi) is 6.22. The van der Waals surface area contributed by atoms with Crippen LogP contribution in [-0.2, 0) is 24.0 Å². The summed E-state index contributed by atoms with van der Waals surface area (Å²) < 4.78 is 0. The largest absolute Gasteiger partial charge is 0.477 e. The minimum Gasteiger partial charge on any atom is -0.477 e. The number of β-lactam (4-membered cyclic amide) rings is 1. The second kappa shape index (κ2) is 8.67. The van der Waals surface area contributed by atoms with Gasteiger partial charge in [-0.1, -0.05) is 5.16 Å². The lowest BCUT2D eigenvalue weighted by Crippen LogP contribution is -2.73. The number of nitrogens with zero attached hydrogens (tertiary/aromatic N) is 3. The molecule has 1 fully saturated rings. The van der Waals surface area contributed by atoms with E-state index < -0.39 is 29.9 Å². The summed E-state index contributed by atoms with van der Waals surface area (Å²) in [4.78, 5) is 58.3. The van der Waals surface area contributed by atoms with Crippen LogP contribution in [0.25, 0.3) is 0 Å². The van der Waals surface area contributed by atoms with Gasteiger partial charge >= 0.3 is 5.97 Å². The predicted octanol–water partition coefficient (Wildman–Crippen LogP) is -0.0404. The highest BCUT2D eigenvalue weighted by molar-refractivity contribution is 8.03. The number of thioether (sulfide) groups is 1. The van der Waals surface area contributed by atoms with Gasteiger partial charge in [0.2, 0.25) is 0 Å². The van der Waals surface area contributed by atoms with Gasteiger partial charge in [-0.2, -0.15) is 0 Å². The molecular formula is C17H17N5O6S2. The molecule has 0 bridgehead atoms. The number of carbonyl (C=O) groups excluding carboxylic acids is 3. The van der Waals surface area contributed by atoms with Gasteiger partial charge in [0.05, 0.1) is 6.04 Å². The highest BCUT2D eigenvalue weighted by Gasteiger charge is 2.54. The Bertz CT molecular complexity index is 1010. The number of thiazole rings is 1. The van der Waals surface area contributed by atoms with Crippen molar-refractivity contribution in [3.8, 4) is 0 Å².